The van der Waals surface area contributed by atoms with Gasteiger partial charge in [0.1, 0.15) is 0 Å². The zero-order chi connectivity index (χ0) is 25.3. The van der Waals surface area contributed by atoms with Gasteiger partial charge < -0.3 is 10.2 Å². The summed E-state index contributed by atoms with van der Waals surface area (Å²) >= 11 is 0. The molecule has 1 aliphatic heterocycles. The minimum absolute atomic E-state index is 0.124. The van der Waals surface area contributed by atoms with Crippen molar-refractivity contribution in [3.63, 3.8) is 0 Å². The van der Waals surface area contributed by atoms with Crippen molar-refractivity contribution in [2.45, 2.75) is 52.5 Å². The highest BCUT2D eigenvalue weighted by molar-refractivity contribution is 6.04. The summed E-state index contributed by atoms with van der Waals surface area (Å²) in [7, 11) is 0. The van der Waals surface area contributed by atoms with E-state index in [1.54, 1.807) is 6.07 Å². The van der Waals surface area contributed by atoms with Gasteiger partial charge in [-0.25, -0.2) is 4.68 Å². The molecule has 1 amide bonds. The highest BCUT2D eigenvalue weighted by Gasteiger charge is 2.18. The first-order valence-electron chi connectivity index (χ1n) is 13.4. The number of nitrogens with one attached hydrogen (secondary N) is 1. The largest absolute Gasteiger partial charge is 0.369 e. The van der Waals surface area contributed by atoms with Crippen LogP contribution in [0.5, 0.6) is 0 Å². The van der Waals surface area contributed by atoms with Crippen molar-refractivity contribution < 1.29 is 4.79 Å². The van der Waals surface area contributed by atoms with Gasteiger partial charge in [-0.05, 0) is 56.5 Å². The molecule has 0 unspecified atom stereocenters. The SMILES string of the molecule is CCCCCn1nc(C(=O)NCCCCN2CCN(c3cccc(C)c3)CC2)c2ccccc2c1=O. The number of anilines is 1. The predicted molar refractivity (Wildman–Crippen MR) is 147 cm³/mol. The van der Waals surface area contributed by atoms with Crippen molar-refractivity contribution in [1.29, 1.82) is 0 Å². The summed E-state index contributed by atoms with van der Waals surface area (Å²) in [5.41, 5.74) is 2.83. The van der Waals surface area contributed by atoms with Crippen LogP contribution in [-0.4, -0.2) is 59.9 Å². The summed E-state index contributed by atoms with van der Waals surface area (Å²) in [5, 5.41) is 8.67. The third-order valence-electron chi connectivity index (χ3n) is 6.98. The van der Waals surface area contributed by atoms with Crippen molar-refractivity contribution in [3.8, 4) is 0 Å². The first-order chi connectivity index (χ1) is 17.6. The normalized spacial score (nSPS) is 14.3. The van der Waals surface area contributed by atoms with E-state index in [2.05, 4.69) is 58.3 Å². The number of aryl methyl sites for hydroxylation is 2. The quantitative estimate of drug-likeness (QED) is 0.408. The molecule has 0 spiro atoms. The number of rotatable bonds is 11. The van der Waals surface area contributed by atoms with E-state index >= 15 is 0 Å². The van der Waals surface area contributed by atoms with Crippen LogP contribution >= 0.6 is 0 Å². The summed E-state index contributed by atoms with van der Waals surface area (Å²) < 4.78 is 1.46. The number of nitrogens with zero attached hydrogens (tertiary/aromatic N) is 4. The van der Waals surface area contributed by atoms with E-state index in [1.807, 2.05) is 18.2 Å². The molecule has 0 saturated carbocycles. The molecule has 3 aromatic rings. The zero-order valence-corrected chi connectivity index (χ0v) is 21.7. The van der Waals surface area contributed by atoms with E-state index < -0.39 is 0 Å². The molecular weight excluding hydrogens is 450 g/mol. The van der Waals surface area contributed by atoms with Gasteiger partial charge in [0.25, 0.3) is 11.5 Å². The highest BCUT2D eigenvalue weighted by atomic mass is 16.2. The molecule has 0 radical (unpaired) electrons. The Balaban J connectivity index is 1.25. The molecule has 192 valence electrons. The summed E-state index contributed by atoms with van der Waals surface area (Å²) in [5.74, 6) is -0.206. The highest BCUT2D eigenvalue weighted by Crippen LogP contribution is 2.18. The number of fused-ring (bicyclic) bond motifs is 1. The van der Waals surface area contributed by atoms with E-state index in [1.165, 1.54) is 15.9 Å². The Morgan fingerprint density at radius 3 is 2.42 bits per heavy atom. The maximum atomic E-state index is 13.0. The maximum Gasteiger partial charge on any atom is 0.274 e. The number of amides is 1. The molecule has 4 rings (SSSR count). The summed E-state index contributed by atoms with van der Waals surface area (Å²) in [6.07, 6.45) is 4.93. The van der Waals surface area contributed by atoms with Crippen molar-refractivity contribution in [1.82, 2.24) is 20.0 Å². The Morgan fingerprint density at radius 1 is 0.917 bits per heavy atom. The molecule has 7 heteroatoms. The van der Waals surface area contributed by atoms with Gasteiger partial charge in [0.15, 0.2) is 5.69 Å². The first kappa shape index (κ1) is 25.9. The average Bonchev–Trinajstić information content (AvgIpc) is 2.90. The van der Waals surface area contributed by atoms with Crippen LogP contribution < -0.4 is 15.8 Å². The molecule has 0 bridgehead atoms. The number of carbonyl (C=O) groups excluding carboxylic acids is 1. The lowest BCUT2D eigenvalue weighted by Gasteiger charge is -2.36. The molecule has 36 heavy (non-hydrogen) atoms. The van der Waals surface area contributed by atoms with Crippen LogP contribution in [0.4, 0.5) is 5.69 Å². The lowest BCUT2D eigenvalue weighted by molar-refractivity contribution is 0.0947. The predicted octanol–water partition coefficient (Wildman–Crippen LogP) is 4.23. The molecule has 2 heterocycles. The first-order valence-corrected chi connectivity index (χ1v) is 13.4. The molecular formula is C29H39N5O2. The van der Waals surface area contributed by atoms with Crippen LogP contribution in [0, 0.1) is 6.92 Å². The molecule has 1 aromatic heterocycles. The number of hydrogen-bond donors (Lipinski definition) is 1. The van der Waals surface area contributed by atoms with Crippen LogP contribution in [0.3, 0.4) is 0 Å². The number of benzene rings is 2. The molecule has 7 nitrogen and oxygen atoms in total. The minimum Gasteiger partial charge on any atom is -0.369 e. The number of unbranched alkanes of at least 4 members (excludes halogenated alkanes) is 3. The molecule has 1 fully saturated rings. The van der Waals surface area contributed by atoms with Gasteiger partial charge >= 0.3 is 0 Å². The van der Waals surface area contributed by atoms with E-state index in [0.29, 0.717) is 29.6 Å². The lowest BCUT2D eigenvalue weighted by atomic mass is 10.1. The summed E-state index contributed by atoms with van der Waals surface area (Å²) in [4.78, 5) is 30.8. The Hall–Kier alpha value is -3.19. The van der Waals surface area contributed by atoms with Crippen molar-refractivity contribution in [2.24, 2.45) is 0 Å². The summed E-state index contributed by atoms with van der Waals surface area (Å²) in [6, 6.07) is 16.0. The molecule has 0 aliphatic carbocycles. The van der Waals surface area contributed by atoms with E-state index in [9.17, 15) is 9.59 Å². The Labute approximate surface area is 214 Å². The Kier molecular flexibility index (Phi) is 9.11. The van der Waals surface area contributed by atoms with Gasteiger partial charge in [0, 0.05) is 50.3 Å². The lowest BCUT2D eigenvalue weighted by Crippen LogP contribution is -2.46. The van der Waals surface area contributed by atoms with Crippen LogP contribution in [0.15, 0.2) is 53.3 Å². The molecule has 1 aliphatic rings. The van der Waals surface area contributed by atoms with Gasteiger partial charge in [0.05, 0.1) is 5.39 Å². The number of carbonyl (C=O) groups is 1. The Bertz CT molecular complexity index is 1210. The molecule has 1 N–H and O–H groups in total. The third-order valence-corrected chi connectivity index (χ3v) is 6.98. The van der Waals surface area contributed by atoms with Crippen molar-refractivity contribution in [2.75, 3.05) is 44.2 Å². The topological polar surface area (TPSA) is 70.5 Å². The standard InChI is InChI=1S/C29H39N5O2/c1-3-4-8-17-34-29(36)26-14-6-5-13-25(26)27(31-34)28(35)30-15-7-9-16-32-18-20-33(21-19-32)24-12-10-11-23(2)22-24/h5-6,10-14,22H,3-4,7-9,15-21H2,1-2H3,(H,30,35). The fraction of sp³-hybridized carbons (Fsp3) is 0.483. The van der Waals surface area contributed by atoms with E-state index in [0.717, 1.165) is 64.8 Å². The molecule has 0 atom stereocenters. The van der Waals surface area contributed by atoms with Crippen molar-refractivity contribution >= 4 is 22.4 Å². The van der Waals surface area contributed by atoms with Crippen LogP contribution in [0.1, 0.15) is 55.1 Å². The molecule has 1 saturated heterocycles. The van der Waals surface area contributed by atoms with Gasteiger partial charge in [-0.1, -0.05) is 50.1 Å². The third kappa shape index (κ3) is 6.52. The smallest absolute Gasteiger partial charge is 0.274 e. The molecule has 2 aromatic carbocycles. The van der Waals surface area contributed by atoms with Gasteiger partial charge in [-0.15, -0.1) is 0 Å². The second-order valence-corrected chi connectivity index (χ2v) is 9.76. The maximum absolute atomic E-state index is 13.0. The number of piperazine rings is 1. The van der Waals surface area contributed by atoms with Gasteiger partial charge in [-0.3, -0.25) is 14.5 Å². The summed E-state index contributed by atoms with van der Waals surface area (Å²) in [6.45, 7) is 10.7. The zero-order valence-electron chi connectivity index (χ0n) is 21.7. The fourth-order valence-electron chi connectivity index (χ4n) is 4.87. The van der Waals surface area contributed by atoms with Crippen LogP contribution in [0.25, 0.3) is 10.8 Å². The number of hydrogen-bond acceptors (Lipinski definition) is 5. The fourth-order valence-corrected chi connectivity index (χ4v) is 4.87. The van der Waals surface area contributed by atoms with Crippen LogP contribution in [-0.2, 0) is 6.54 Å². The second-order valence-electron chi connectivity index (χ2n) is 9.76. The second kappa shape index (κ2) is 12.7. The van der Waals surface area contributed by atoms with Gasteiger partial charge in [-0.2, -0.15) is 5.10 Å². The monoisotopic (exact) mass is 489 g/mol. The van der Waals surface area contributed by atoms with Crippen LogP contribution in [0.2, 0.25) is 0 Å². The van der Waals surface area contributed by atoms with Gasteiger partial charge in [0.2, 0.25) is 0 Å². The minimum atomic E-state index is -0.206. The van der Waals surface area contributed by atoms with E-state index in [-0.39, 0.29) is 11.5 Å². The van der Waals surface area contributed by atoms with E-state index in [4.69, 9.17) is 0 Å². The Morgan fingerprint density at radius 2 is 1.67 bits per heavy atom. The number of aromatic nitrogens is 2. The average molecular weight is 490 g/mol. The van der Waals surface area contributed by atoms with Crippen molar-refractivity contribution in [3.05, 3.63) is 70.1 Å².